The fraction of sp³-hybridized carbons (Fsp3) is 0.500. The number of carbonyl (C=O) groups is 1. The molecule has 0 saturated carbocycles. The Labute approximate surface area is 131 Å². The van der Waals surface area contributed by atoms with Crippen molar-refractivity contribution < 1.29 is 4.79 Å². The molecule has 1 aliphatic heterocycles. The third kappa shape index (κ3) is 3.20. The fourth-order valence-electron chi connectivity index (χ4n) is 2.62. The zero-order valence-electron chi connectivity index (χ0n) is 11.4. The molecule has 0 N–H and O–H groups in total. The molecular formula is C14H18Br2N2O. The van der Waals surface area contributed by atoms with Crippen LogP contribution in [0.2, 0.25) is 0 Å². The average Bonchev–Trinajstić information content (AvgIpc) is 2.70. The molecule has 5 heteroatoms. The molecular weight excluding hydrogens is 372 g/mol. The molecule has 1 amide bonds. The summed E-state index contributed by atoms with van der Waals surface area (Å²) >= 11 is 6.87. The van der Waals surface area contributed by atoms with E-state index in [1.807, 2.05) is 23.1 Å². The van der Waals surface area contributed by atoms with Crippen LogP contribution in [0.3, 0.4) is 0 Å². The number of amides is 1. The van der Waals surface area contributed by atoms with Crippen molar-refractivity contribution in [1.29, 1.82) is 0 Å². The van der Waals surface area contributed by atoms with Gasteiger partial charge in [-0.25, -0.2) is 0 Å². The van der Waals surface area contributed by atoms with Gasteiger partial charge in [-0.15, -0.1) is 0 Å². The van der Waals surface area contributed by atoms with Crippen molar-refractivity contribution in [3.05, 3.63) is 32.7 Å². The molecule has 1 heterocycles. The SMILES string of the molecule is CC1CN(C(=O)c2ccc(Br)cc2Br)CC1N(C)C. The van der Waals surface area contributed by atoms with Crippen molar-refractivity contribution in [2.75, 3.05) is 27.2 Å². The third-order valence-corrected chi connectivity index (χ3v) is 4.83. The number of nitrogens with zero attached hydrogens (tertiary/aromatic N) is 2. The van der Waals surface area contributed by atoms with Crippen molar-refractivity contribution >= 4 is 37.8 Å². The molecule has 0 aliphatic carbocycles. The number of likely N-dealkylation sites (tertiary alicyclic amines) is 1. The highest BCUT2D eigenvalue weighted by molar-refractivity contribution is 9.11. The van der Waals surface area contributed by atoms with Crippen LogP contribution >= 0.6 is 31.9 Å². The van der Waals surface area contributed by atoms with Gasteiger partial charge in [0.05, 0.1) is 5.56 Å². The van der Waals surface area contributed by atoms with E-state index in [1.165, 1.54) is 0 Å². The van der Waals surface area contributed by atoms with Crippen molar-refractivity contribution in [3.63, 3.8) is 0 Å². The first kappa shape index (κ1) is 15.0. The number of hydrogen-bond donors (Lipinski definition) is 0. The Kier molecular flexibility index (Phi) is 4.69. The molecule has 104 valence electrons. The summed E-state index contributed by atoms with van der Waals surface area (Å²) in [5, 5.41) is 0. The zero-order chi connectivity index (χ0) is 14.2. The third-order valence-electron chi connectivity index (χ3n) is 3.68. The van der Waals surface area contributed by atoms with Gasteiger partial charge in [0.15, 0.2) is 0 Å². The molecule has 0 bridgehead atoms. The van der Waals surface area contributed by atoms with Crippen molar-refractivity contribution in [2.45, 2.75) is 13.0 Å². The van der Waals surface area contributed by atoms with Gasteiger partial charge < -0.3 is 9.80 Å². The summed E-state index contributed by atoms with van der Waals surface area (Å²) < 4.78 is 1.81. The summed E-state index contributed by atoms with van der Waals surface area (Å²) in [6.45, 7) is 3.83. The van der Waals surface area contributed by atoms with E-state index in [0.29, 0.717) is 12.0 Å². The van der Waals surface area contributed by atoms with Crippen LogP contribution in [0.25, 0.3) is 0 Å². The molecule has 1 aromatic carbocycles. The maximum absolute atomic E-state index is 12.6. The van der Waals surface area contributed by atoms with E-state index in [0.717, 1.165) is 27.6 Å². The van der Waals surface area contributed by atoms with E-state index in [9.17, 15) is 4.79 Å². The summed E-state index contributed by atoms with van der Waals surface area (Å²) in [6.07, 6.45) is 0. The highest BCUT2D eigenvalue weighted by Gasteiger charge is 2.34. The molecule has 0 spiro atoms. The Bertz CT molecular complexity index is 490. The lowest BCUT2D eigenvalue weighted by Gasteiger charge is -2.22. The van der Waals surface area contributed by atoms with Crippen LogP contribution < -0.4 is 0 Å². The van der Waals surface area contributed by atoms with Gasteiger partial charge in [0.1, 0.15) is 0 Å². The van der Waals surface area contributed by atoms with Gasteiger partial charge in [0.25, 0.3) is 5.91 Å². The van der Waals surface area contributed by atoms with Crippen molar-refractivity contribution in [1.82, 2.24) is 9.80 Å². The summed E-state index contributed by atoms with van der Waals surface area (Å²) in [5.74, 6) is 0.615. The van der Waals surface area contributed by atoms with Crippen LogP contribution in [0.1, 0.15) is 17.3 Å². The smallest absolute Gasteiger partial charge is 0.255 e. The molecule has 2 unspecified atom stereocenters. The summed E-state index contributed by atoms with van der Waals surface area (Å²) in [7, 11) is 4.15. The lowest BCUT2D eigenvalue weighted by atomic mass is 10.1. The number of hydrogen-bond acceptors (Lipinski definition) is 2. The first-order valence-corrected chi connectivity index (χ1v) is 7.89. The Morgan fingerprint density at radius 3 is 2.53 bits per heavy atom. The van der Waals surface area contributed by atoms with E-state index in [1.54, 1.807) is 0 Å². The molecule has 2 rings (SSSR count). The van der Waals surface area contributed by atoms with Gasteiger partial charge >= 0.3 is 0 Å². The number of benzene rings is 1. The lowest BCUT2D eigenvalue weighted by molar-refractivity contribution is 0.0780. The number of likely N-dealkylation sites (N-methyl/N-ethyl adjacent to an activating group) is 1. The molecule has 0 radical (unpaired) electrons. The van der Waals surface area contributed by atoms with Crippen molar-refractivity contribution in [3.8, 4) is 0 Å². The van der Waals surface area contributed by atoms with Gasteiger partial charge in [-0.1, -0.05) is 22.9 Å². The van der Waals surface area contributed by atoms with Gasteiger partial charge in [-0.3, -0.25) is 4.79 Å². The van der Waals surface area contributed by atoms with Crippen molar-refractivity contribution in [2.24, 2.45) is 5.92 Å². The van der Waals surface area contributed by atoms with Crippen LogP contribution in [0.4, 0.5) is 0 Å². The summed E-state index contributed by atoms with van der Waals surface area (Å²) in [5.41, 5.74) is 0.731. The largest absolute Gasteiger partial charge is 0.337 e. The van der Waals surface area contributed by atoms with E-state index in [-0.39, 0.29) is 5.91 Å². The number of rotatable bonds is 2. The van der Waals surface area contributed by atoms with E-state index in [4.69, 9.17) is 0 Å². The minimum atomic E-state index is 0.107. The van der Waals surface area contributed by atoms with E-state index in [2.05, 4.69) is 57.8 Å². The Balaban J connectivity index is 2.17. The predicted molar refractivity (Wildman–Crippen MR) is 84.4 cm³/mol. The highest BCUT2D eigenvalue weighted by atomic mass is 79.9. The second-order valence-corrected chi connectivity index (χ2v) is 7.11. The minimum absolute atomic E-state index is 0.107. The Morgan fingerprint density at radius 1 is 1.32 bits per heavy atom. The summed E-state index contributed by atoms with van der Waals surface area (Å²) in [4.78, 5) is 16.7. The first-order valence-electron chi connectivity index (χ1n) is 6.31. The summed E-state index contributed by atoms with van der Waals surface area (Å²) in [6, 6.07) is 6.12. The van der Waals surface area contributed by atoms with Gasteiger partial charge in [-0.05, 0) is 54.1 Å². The highest BCUT2D eigenvalue weighted by Crippen LogP contribution is 2.26. The van der Waals surface area contributed by atoms with Gasteiger partial charge in [0.2, 0.25) is 0 Å². The molecule has 2 atom stereocenters. The zero-order valence-corrected chi connectivity index (χ0v) is 14.5. The molecule has 1 aromatic rings. The van der Waals surface area contributed by atoms with Crippen LogP contribution in [0, 0.1) is 5.92 Å². The molecule has 1 fully saturated rings. The monoisotopic (exact) mass is 388 g/mol. The van der Waals surface area contributed by atoms with E-state index >= 15 is 0 Å². The van der Waals surface area contributed by atoms with Crippen LogP contribution in [-0.2, 0) is 0 Å². The van der Waals surface area contributed by atoms with Gasteiger partial charge in [0, 0.05) is 28.1 Å². The second-order valence-electron chi connectivity index (χ2n) is 5.34. The maximum atomic E-state index is 12.6. The molecule has 1 aliphatic rings. The predicted octanol–water partition coefficient (Wildman–Crippen LogP) is 3.23. The molecule has 3 nitrogen and oxygen atoms in total. The normalized spacial score (nSPS) is 23.2. The van der Waals surface area contributed by atoms with E-state index < -0.39 is 0 Å². The number of carbonyl (C=O) groups excluding carboxylic acids is 1. The Hall–Kier alpha value is -0.390. The quantitative estimate of drug-likeness (QED) is 0.775. The molecule has 1 saturated heterocycles. The van der Waals surface area contributed by atoms with Crippen LogP contribution in [-0.4, -0.2) is 48.9 Å². The lowest BCUT2D eigenvalue weighted by Crippen LogP contribution is -2.35. The molecule has 19 heavy (non-hydrogen) atoms. The first-order chi connectivity index (χ1) is 8.90. The second kappa shape index (κ2) is 5.94. The topological polar surface area (TPSA) is 23.6 Å². The fourth-order valence-corrected chi connectivity index (χ4v) is 3.84. The molecule has 0 aromatic heterocycles. The van der Waals surface area contributed by atoms with Crippen LogP contribution in [0.5, 0.6) is 0 Å². The van der Waals surface area contributed by atoms with Crippen LogP contribution in [0.15, 0.2) is 27.1 Å². The minimum Gasteiger partial charge on any atom is -0.337 e. The number of halogens is 2. The van der Waals surface area contributed by atoms with Gasteiger partial charge in [-0.2, -0.15) is 0 Å². The maximum Gasteiger partial charge on any atom is 0.255 e. The Morgan fingerprint density at radius 2 is 2.00 bits per heavy atom. The standard InChI is InChI=1S/C14H18Br2N2O/c1-9-7-18(8-13(9)17(2)3)14(19)11-5-4-10(15)6-12(11)16/h4-6,9,13H,7-8H2,1-3H3. The average molecular weight is 390 g/mol.